The van der Waals surface area contributed by atoms with E-state index >= 15 is 0 Å². The Hall–Kier alpha value is -2.30. The Kier molecular flexibility index (Phi) is 7.45. The highest BCUT2D eigenvalue weighted by atomic mass is 32.2. The molecular weight excluding hydrogens is 451 g/mol. The molecule has 0 aromatic heterocycles. The van der Waals surface area contributed by atoms with Crippen LogP contribution in [0.1, 0.15) is 37.0 Å². The molecule has 1 unspecified atom stereocenters. The lowest BCUT2D eigenvalue weighted by Crippen LogP contribution is -2.27. The SMILES string of the molecule is CCOP(=O)(OCC)C1=C(c2ccccc2)OC(c2ccccc2)(c2ccc(SC)cc2)C1. The predicted octanol–water partition coefficient (Wildman–Crippen LogP) is 7.71. The third-order valence-electron chi connectivity index (χ3n) is 5.72. The number of hydrogen-bond acceptors (Lipinski definition) is 5. The van der Waals surface area contributed by atoms with Crippen molar-refractivity contribution in [2.24, 2.45) is 0 Å². The van der Waals surface area contributed by atoms with Gasteiger partial charge in [0.15, 0.2) is 5.60 Å². The van der Waals surface area contributed by atoms with Crippen molar-refractivity contribution in [1.82, 2.24) is 0 Å². The van der Waals surface area contributed by atoms with Gasteiger partial charge in [-0.05, 0) is 32.2 Å². The molecule has 0 fully saturated rings. The van der Waals surface area contributed by atoms with Gasteiger partial charge < -0.3 is 13.8 Å². The molecule has 0 radical (unpaired) electrons. The molecule has 0 saturated heterocycles. The maximum Gasteiger partial charge on any atom is 0.361 e. The zero-order valence-corrected chi connectivity index (χ0v) is 20.9. The molecule has 0 spiro atoms. The first kappa shape index (κ1) is 23.8. The van der Waals surface area contributed by atoms with Crippen LogP contribution in [0.25, 0.3) is 5.76 Å². The van der Waals surface area contributed by atoms with Crippen molar-refractivity contribution in [3.05, 3.63) is 107 Å². The Balaban J connectivity index is 1.92. The highest BCUT2D eigenvalue weighted by Crippen LogP contribution is 2.66. The third kappa shape index (κ3) is 4.69. The van der Waals surface area contributed by atoms with Gasteiger partial charge in [0, 0.05) is 28.0 Å². The summed E-state index contributed by atoms with van der Waals surface area (Å²) in [6, 6.07) is 28.3. The van der Waals surface area contributed by atoms with Crippen molar-refractivity contribution in [3.8, 4) is 0 Å². The fourth-order valence-electron chi connectivity index (χ4n) is 4.21. The highest BCUT2D eigenvalue weighted by molar-refractivity contribution is 7.98. The van der Waals surface area contributed by atoms with Crippen LogP contribution in [0.4, 0.5) is 0 Å². The average molecular weight is 481 g/mol. The molecule has 4 rings (SSSR count). The van der Waals surface area contributed by atoms with E-state index in [1.165, 1.54) is 4.90 Å². The number of rotatable bonds is 9. The maximum atomic E-state index is 14.1. The Labute approximate surface area is 200 Å². The van der Waals surface area contributed by atoms with Gasteiger partial charge in [0.05, 0.1) is 18.5 Å². The topological polar surface area (TPSA) is 44.8 Å². The predicted molar refractivity (Wildman–Crippen MR) is 135 cm³/mol. The molecule has 1 aliphatic rings. The minimum absolute atomic E-state index is 0.281. The lowest BCUT2D eigenvalue weighted by molar-refractivity contribution is 0.100. The zero-order chi connectivity index (χ0) is 23.3. The van der Waals surface area contributed by atoms with Crippen LogP contribution in [-0.4, -0.2) is 19.5 Å². The largest absolute Gasteiger partial charge is 0.476 e. The molecule has 3 aromatic rings. The third-order valence-corrected chi connectivity index (χ3v) is 8.68. The Morgan fingerprint density at radius 1 is 0.848 bits per heavy atom. The molecule has 0 N–H and O–H groups in total. The molecule has 172 valence electrons. The van der Waals surface area contributed by atoms with E-state index < -0.39 is 13.2 Å². The summed E-state index contributed by atoms with van der Waals surface area (Å²) in [4.78, 5) is 1.17. The molecule has 1 heterocycles. The average Bonchev–Trinajstić information content (AvgIpc) is 3.29. The Morgan fingerprint density at radius 3 is 1.94 bits per heavy atom. The fraction of sp³-hybridized carbons (Fsp3) is 0.259. The van der Waals surface area contributed by atoms with Gasteiger partial charge in [0.1, 0.15) is 5.76 Å². The minimum atomic E-state index is -3.57. The lowest BCUT2D eigenvalue weighted by Gasteiger charge is -2.31. The van der Waals surface area contributed by atoms with Gasteiger partial charge in [0.25, 0.3) is 0 Å². The summed E-state index contributed by atoms with van der Waals surface area (Å²) in [5.41, 5.74) is 1.99. The second kappa shape index (κ2) is 10.3. The summed E-state index contributed by atoms with van der Waals surface area (Å²) in [7, 11) is -3.57. The fourth-order valence-corrected chi connectivity index (χ4v) is 6.52. The zero-order valence-electron chi connectivity index (χ0n) is 19.2. The molecule has 0 saturated carbocycles. The quantitative estimate of drug-likeness (QED) is 0.232. The second-order valence-corrected chi connectivity index (χ2v) is 10.6. The van der Waals surface area contributed by atoms with Crippen LogP contribution < -0.4 is 0 Å². The van der Waals surface area contributed by atoms with Crippen molar-refractivity contribution in [1.29, 1.82) is 0 Å². The van der Waals surface area contributed by atoms with Gasteiger partial charge in [0.2, 0.25) is 0 Å². The van der Waals surface area contributed by atoms with Crippen LogP contribution in [0.2, 0.25) is 0 Å². The van der Waals surface area contributed by atoms with E-state index in [0.717, 1.165) is 16.7 Å². The van der Waals surface area contributed by atoms with Crippen LogP contribution in [0, 0.1) is 0 Å². The van der Waals surface area contributed by atoms with Crippen molar-refractivity contribution >= 4 is 25.1 Å². The first-order chi connectivity index (χ1) is 16.1. The highest BCUT2D eigenvalue weighted by Gasteiger charge is 2.50. The van der Waals surface area contributed by atoms with Gasteiger partial charge in [-0.2, -0.15) is 0 Å². The monoisotopic (exact) mass is 480 g/mol. The summed E-state index contributed by atoms with van der Waals surface area (Å²) in [6.07, 6.45) is 2.43. The first-order valence-electron chi connectivity index (χ1n) is 11.1. The molecule has 1 atom stereocenters. The number of benzene rings is 3. The summed E-state index contributed by atoms with van der Waals surface area (Å²) in [6.45, 7) is 4.22. The van der Waals surface area contributed by atoms with E-state index in [1.54, 1.807) is 11.8 Å². The normalized spacial score (nSPS) is 18.4. The number of ether oxygens (including phenoxy) is 1. The molecule has 3 aromatic carbocycles. The van der Waals surface area contributed by atoms with Gasteiger partial charge in [-0.3, -0.25) is 4.57 Å². The van der Waals surface area contributed by atoms with Crippen LogP contribution in [-0.2, 0) is 24.0 Å². The molecule has 1 aliphatic heterocycles. The summed E-state index contributed by atoms with van der Waals surface area (Å²) in [5, 5.41) is 0.579. The standard InChI is InChI=1S/C27H29O4PS/c1-4-29-32(28,30-5-2)25-20-27(22-14-10-7-11-15-22,23-16-18-24(33-3)19-17-23)31-26(25)21-12-8-6-9-13-21/h6-19H,4-5,20H2,1-3H3. The van der Waals surface area contributed by atoms with E-state index in [-0.39, 0.29) is 13.2 Å². The van der Waals surface area contributed by atoms with E-state index in [9.17, 15) is 4.57 Å². The summed E-state index contributed by atoms with van der Waals surface area (Å²) < 4.78 is 32.5. The Bertz CT molecular complexity index is 1140. The van der Waals surface area contributed by atoms with E-state index in [0.29, 0.717) is 17.5 Å². The van der Waals surface area contributed by atoms with Crippen LogP contribution in [0.15, 0.2) is 95.1 Å². The molecule has 6 heteroatoms. The van der Waals surface area contributed by atoms with Crippen molar-refractivity contribution in [3.63, 3.8) is 0 Å². The van der Waals surface area contributed by atoms with E-state index in [4.69, 9.17) is 13.8 Å². The molecule has 4 nitrogen and oxygen atoms in total. The smallest absolute Gasteiger partial charge is 0.361 e. The van der Waals surface area contributed by atoms with Gasteiger partial charge >= 0.3 is 7.60 Å². The summed E-state index contributed by atoms with van der Waals surface area (Å²) in [5.74, 6) is 0.568. The Morgan fingerprint density at radius 2 is 1.39 bits per heavy atom. The van der Waals surface area contributed by atoms with E-state index in [2.05, 4.69) is 42.7 Å². The van der Waals surface area contributed by atoms with Crippen LogP contribution in [0.3, 0.4) is 0 Å². The molecule has 0 bridgehead atoms. The minimum Gasteiger partial charge on any atom is -0.476 e. The summed E-state index contributed by atoms with van der Waals surface area (Å²) >= 11 is 1.69. The van der Waals surface area contributed by atoms with Gasteiger partial charge in [-0.15, -0.1) is 11.8 Å². The number of thioether (sulfide) groups is 1. The van der Waals surface area contributed by atoms with Gasteiger partial charge in [-0.1, -0.05) is 72.8 Å². The van der Waals surface area contributed by atoms with Gasteiger partial charge in [-0.25, -0.2) is 0 Å². The number of hydrogen-bond donors (Lipinski definition) is 0. The molecule has 0 amide bonds. The molecule has 33 heavy (non-hydrogen) atoms. The maximum absolute atomic E-state index is 14.1. The van der Waals surface area contributed by atoms with Crippen molar-refractivity contribution in [2.75, 3.05) is 19.5 Å². The first-order valence-corrected chi connectivity index (χ1v) is 13.9. The van der Waals surface area contributed by atoms with Crippen molar-refractivity contribution in [2.45, 2.75) is 30.8 Å². The molecule has 0 aliphatic carbocycles. The van der Waals surface area contributed by atoms with Crippen molar-refractivity contribution < 1.29 is 18.3 Å². The van der Waals surface area contributed by atoms with E-state index in [1.807, 2.05) is 62.4 Å². The van der Waals surface area contributed by atoms with Crippen LogP contribution >= 0.6 is 19.4 Å². The van der Waals surface area contributed by atoms with Crippen LogP contribution in [0.5, 0.6) is 0 Å². The second-order valence-electron chi connectivity index (χ2n) is 7.68. The lowest BCUT2D eigenvalue weighted by atomic mass is 9.84. The molecular formula is C27H29O4PS.